The van der Waals surface area contributed by atoms with Crippen LogP contribution in [-0.2, 0) is 0 Å². The minimum atomic E-state index is 0.110. The number of nitrogens with zero attached hydrogens (tertiary/aromatic N) is 4. The number of thiazole rings is 1. The van der Waals surface area contributed by atoms with E-state index in [1.807, 2.05) is 29.6 Å². The molecule has 0 bridgehead atoms. The van der Waals surface area contributed by atoms with Crippen LogP contribution in [0.3, 0.4) is 0 Å². The number of hydrogen-bond donors (Lipinski definition) is 0. The Morgan fingerprint density at radius 3 is 2.95 bits per heavy atom. The van der Waals surface area contributed by atoms with Crippen LogP contribution in [0.5, 0.6) is 0 Å². The molecule has 1 saturated heterocycles. The van der Waals surface area contributed by atoms with Gasteiger partial charge in [0.2, 0.25) is 0 Å². The second kappa shape index (κ2) is 5.36. The number of aryl methyl sites for hydroxylation is 2. The van der Waals surface area contributed by atoms with Crippen molar-refractivity contribution in [3.8, 4) is 0 Å². The zero-order chi connectivity index (χ0) is 14.1. The number of carbonyl (C=O) groups is 1. The Balaban J connectivity index is 1.75. The van der Waals surface area contributed by atoms with E-state index in [4.69, 9.17) is 0 Å². The third-order valence-electron chi connectivity index (χ3n) is 3.73. The van der Waals surface area contributed by atoms with Gasteiger partial charge in [0.1, 0.15) is 4.88 Å². The summed E-state index contributed by atoms with van der Waals surface area (Å²) in [5.41, 5.74) is 3.73. The maximum absolute atomic E-state index is 12.5. The minimum absolute atomic E-state index is 0.110. The summed E-state index contributed by atoms with van der Waals surface area (Å²) in [6.07, 6.45) is 6.02. The molecule has 6 heteroatoms. The summed E-state index contributed by atoms with van der Waals surface area (Å²) in [5.74, 6) is 0.110. The van der Waals surface area contributed by atoms with Crippen molar-refractivity contribution in [2.24, 2.45) is 0 Å². The van der Waals surface area contributed by atoms with Gasteiger partial charge in [-0.3, -0.25) is 9.48 Å². The monoisotopic (exact) mass is 290 g/mol. The Morgan fingerprint density at radius 2 is 2.30 bits per heavy atom. The lowest BCUT2D eigenvalue weighted by Crippen LogP contribution is -2.40. The van der Waals surface area contributed by atoms with Gasteiger partial charge in [-0.05, 0) is 32.3 Å². The maximum Gasteiger partial charge on any atom is 0.265 e. The van der Waals surface area contributed by atoms with Crippen molar-refractivity contribution in [3.63, 3.8) is 0 Å². The molecule has 1 atom stereocenters. The van der Waals surface area contributed by atoms with E-state index in [1.165, 1.54) is 11.3 Å². The molecule has 2 aromatic rings. The van der Waals surface area contributed by atoms with Gasteiger partial charge in [-0.2, -0.15) is 5.10 Å². The van der Waals surface area contributed by atoms with Gasteiger partial charge in [0.05, 0.1) is 23.4 Å². The SMILES string of the molecule is Cc1cnn([C@H]2CCCN(C(=O)c3scnc3C)C2)c1. The van der Waals surface area contributed by atoms with Gasteiger partial charge in [0.25, 0.3) is 5.91 Å². The number of hydrogen-bond acceptors (Lipinski definition) is 4. The van der Waals surface area contributed by atoms with Gasteiger partial charge in [0, 0.05) is 19.3 Å². The second-order valence-electron chi connectivity index (χ2n) is 5.31. The third kappa shape index (κ3) is 2.47. The highest BCUT2D eigenvalue weighted by atomic mass is 32.1. The molecule has 0 aromatic carbocycles. The molecular formula is C14H18N4OS. The van der Waals surface area contributed by atoms with Gasteiger partial charge in [0.15, 0.2) is 0 Å². The first-order valence-corrected chi connectivity index (χ1v) is 7.73. The highest BCUT2D eigenvalue weighted by molar-refractivity contribution is 7.11. The van der Waals surface area contributed by atoms with Gasteiger partial charge >= 0.3 is 0 Å². The van der Waals surface area contributed by atoms with E-state index in [1.54, 1.807) is 5.51 Å². The van der Waals surface area contributed by atoms with Crippen molar-refractivity contribution >= 4 is 17.2 Å². The predicted molar refractivity (Wildman–Crippen MR) is 78.0 cm³/mol. The maximum atomic E-state index is 12.5. The molecule has 1 amide bonds. The number of aromatic nitrogens is 3. The number of amides is 1. The first kappa shape index (κ1) is 13.3. The van der Waals surface area contributed by atoms with Crippen molar-refractivity contribution in [2.75, 3.05) is 13.1 Å². The lowest BCUT2D eigenvalue weighted by molar-refractivity contribution is 0.0677. The molecule has 1 fully saturated rings. The first-order chi connectivity index (χ1) is 9.65. The van der Waals surface area contributed by atoms with E-state index in [2.05, 4.69) is 16.3 Å². The molecule has 0 radical (unpaired) electrons. The Hall–Kier alpha value is -1.69. The molecule has 20 heavy (non-hydrogen) atoms. The zero-order valence-corrected chi connectivity index (χ0v) is 12.6. The molecule has 5 nitrogen and oxygen atoms in total. The van der Waals surface area contributed by atoms with Crippen LogP contribution in [-0.4, -0.2) is 38.7 Å². The average Bonchev–Trinajstić information content (AvgIpc) is 3.07. The number of likely N-dealkylation sites (tertiary alicyclic amines) is 1. The summed E-state index contributed by atoms with van der Waals surface area (Å²) in [4.78, 5) is 19.4. The number of carbonyl (C=O) groups excluding carboxylic acids is 1. The lowest BCUT2D eigenvalue weighted by Gasteiger charge is -2.32. The quantitative estimate of drug-likeness (QED) is 0.853. The predicted octanol–water partition coefficient (Wildman–Crippen LogP) is 2.43. The van der Waals surface area contributed by atoms with Crippen LogP contribution in [0.25, 0.3) is 0 Å². The molecule has 0 saturated carbocycles. The molecule has 1 aliphatic heterocycles. The van der Waals surface area contributed by atoms with E-state index in [9.17, 15) is 4.79 Å². The van der Waals surface area contributed by atoms with Crippen LogP contribution in [0.1, 0.15) is 39.8 Å². The number of piperidine rings is 1. The van der Waals surface area contributed by atoms with Crippen LogP contribution < -0.4 is 0 Å². The fraction of sp³-hybridized carbons (Fsp3) is 0.500. The summed E-state index contributed by atoms with van der Waals surface area (Å²) in [6, 6.07) is 0.287. The highest BCUT2D eigenvalue weighted by Gasteiger charge is 2.27. The largest absolute Gasteiger partial charge is 0.336 e. The molecule has 0 unspecified atom stereocenters. The van der Waals surface area contributed by atoms with Crippen LogP contribution in [0.4, 0.5) is 0 Å². The van der Waals surface area contributed by atoms with Crippen molar-refractivity contribution in [3.05, 3.63) is 34.0 Å². The van der Waals surface area contributed by atoms with Gasteiger partial charge in [-0.1, -0.05) is 0 Å². The average molecular weight is 290 g/mol. The van der Waals surface area contributed by atoms with E-state index in [0.717, 1.165) is 42.1 Å². The Labute approximate surface area is 122 Å². The van der Waals surface area contributed by atoms with Gasteiger partial charge < -0.3 is 4.90 Å². The van der Waals surface area contributed by atoms with Crippen molar-refractivity contribution in [1.82, 2.24) is 19.7 Å². The van der Waals surface area contributed by atoms with Gasteiger partial charge in [-0.15, -0.1) is 11.3 Å². The van der Waals surface area contributed by atoms with Crippen LogP contribution in [0, 0.1) is 13.8 Å². The van der Waals surface area contributed by atoms with Crippen molar-refractivity contribution < 1.29 is 4.79 Å². The third-order valence-corrected chi connectivity index (χ3v) is 4.64. The molecule has 0 spiro atoms. The summed E-state index contributed by atoms with van der Waals surface area (Å²) < 4.78 is 1.99. The summed E-state index contributed by atoms with van der Waals surface area (Å²) in [6.45, 7) is 5.49. The Kier molecular flexibility index (Phi) is 3.56. The highest BCUT2D eigenvalue weighted by Crippen LogP contribution is 2.24. The Bertz CT molecular complexity index is 618. The smallest absolute Gasteiger partial charge is 0.265 e. The van der Waals surface area contributed by atoms with Gasteiger partial charge in [-0.25, -0.2) is 4.98 Å². The second-order valence-corrected chi connectivity index (χ2v) is 6.17. The van der Waals surface area contributed by atoms with E-state index < -0.39 is 0 Å². The van der Waals surface area contributed by atoms with E-state index in [-0.39, 0.29) is 11.9 Å². The summed E-state index contributed by atoms with van der Waals surface area (Å²) in [7, 11) is 0. The van der Waals surface area contributed by atoms with E-state index in [0.29, 0.717) is 0 Å². The van der Waals surface area contributed by atoms with Crippen LogP contribution in [0.15, 0.2) is 17.9 Å². The summed E-state index contributed by atoms with van der Waals surface area (Å²) in [5, 5.41) is 4.38. The minimum Gasteiger partial charge on any atom is -0.336 e. The van der Waals surface area contributed by atoms with Crippen molar-refractivity contribution in [2.45, 2.75) is 32.7 Å². The molecule has 106 valence electrons. The Morgan fingerprint density at radius 1 is 1.45 bits per heavy atom. The van der Waals surface area contributed by atoms with Crippen LogP contribution >= 0.6 is 11.3 Å². The molecule has 3 rings (SSSR count). The lowest BCUT2D eigenvalue weighted by atomic mass is 10.1. The van der Waals surface area contributed by atoms with Crippen molar-refractivity contribution in [1.29, 1.82) is 0 Å². The standard InChI is InChI=1S/C14H18N4OS/c1-10-6-16-18(7-10)12-4-3-5-17(8-12)14(19)13-11(2)15-9-20-13/h6-7,9,12H,3-5,8H2,1-2H3/t12-/m0/s1. The molecule has 2 aromatic heterocycles. The molecule has 0 aliphatic carbocycles. The number of rotatable bonds is 2. The fourth-order valence-corrected chi connectivity index (χ4v) is 3.41. The zero-order valence-electron chi connectivity index (χ0n) is 11.7. The molecule has 0 N–H and O–H groups in total. The van der Waals surface area contributed by atoms with Crippen LogP contribution in [0.2, 0.25) is 0 Å². The van der Waals surface area contributed by atoms with E-state index >= 15 is 0 Å². The topological polar surface area (TPSA) is 51.0 Å². The normalized spacial score (nSPS) is 19.3. The first-order valence-electron chi connectivity index (χ1n) is 6.85. The molecule has 3 heterocycles. The molecular weight excluding hydrogens is 272 g/mol. The fourth-order valence-electron chi connectivity index (χ4n) is 2.64. The summed E-state index contributed by atoms with van der Waals surface area (Å²) >= 11 is 1.43. The molecule has 1 aliphatic rings.